The predicted octanol–water partition coefficient (Wildman–Crippen LogP) is 1.22. The van der Waals surface area contributed by atoms with Crippen LogP contribution in [-0.2, 0) is 0 Å². The van der Waals surface area contributed by atoms with Crippen molar-refractivity contribution in [2.24, 2.45) is 0 Å². The molecule has 2 amide bonds. The first kappa shape index (κ1) is 6.06. The molecule has 0 spiro atoms. The van der Waals surface area contributed by atoms with Gasteiger partial charge in [-0.2, -0.15) is 0 Å². The van der Waals surface area contributed by atoms with Crippen molar-refractivity contribution in [1.29, 1.82) is 0 Å². The second-order valence-electron chi connectivity index (χ2n) is 2.65. The van der Waals surface area contributed by atoms with Gasteiger partial charge in [-0.25, -0.2) is 4.79 Å². The van der Waals surface area contributed by atoms with Crippen LogP contribution in [0.3, 0.4) is 0 Å². The number of urea groups is 1. The second kappa shape index (κ2) is 2.85. The molecule has 1 saturated heterocycles. The molecule has 1 aliphatic heterocycles. The lowest BCUT2D eigenvalue weighted by molar-refractivity contribution is 0.252. The SMILES string of the molecule is [2H]N1CCN(c2ccccc2)C1=O. The highest BCUT2D eigenvalue weighted by atomic mass is 16.2. The summed E-state index contributed by atoms with van der Waals surface area (Å²) >= 11 is 0. The van der Waals surface area contributed by atoms with Gasteiger partial charge in [-0.05, 0) is 12.1 Å². The number of anilines is 1. The van der Waals surface area contributed by atoms with Gasteiger partial charge in [0.2, 0.25) is 0 Å². The fraction of sp³-hybridized carbons (Fsp3) is 0.222. The largest absolute Gasteiger partial charge is 0.336 e. The normalized spacial score (nSPS) is 18.3. The lowest BCUT2D eigenvalue weighted by Gasteiger charge is -2.12. The molecular formula is C9H10N2O. The molecule has 1 N–H and O–H groups in total. The Kier molecular flexibility index (Phi) is 1.44. The molecule has 1 aromatic carbocycles. The number of amides is 2. The van der Waals surface area contributed by atoms with Gasteiger partial charge in [0.1, 0.15) is 0 Å². The van der Waals surface area contributed by atoms with Crippen LogP contribution in [0.15, 0.2) is 30.3 Å². The molecule has 2 rings (SSSR count). The van der Waals surface area contributed by atoms with Gasteiger partial charge in [0, 0.05) is 18.8 Å². The molecule has 0 unspecified atom stereocenters. The lowest BCUT2D eigenvalue weighted by Crippen LogP contribution is -2.27. The van der Waals surface area contributed by atoms with E-state index in [-0.39, 0.29) is 6.03 Å². The minimum atomic E-state index is -0.244. The Bertz CT molecular complexity index is 315. The quantitative estimate of drug-likeness (QED) is 0.663. The Morgan fingerprint density at radius 2 is 2.17 bits per heavy atom. The molecule has 1 aromatic rings. The highest BCUT2D eigenvalue weighted by Crippen LogP contribution is 2.14. The number of nitrogens with zero attached hydrogens (tertiary/aromatic N) is 1. The zero-order valence-corrected chi connectivity index (χ0v) is 6.60. The van der Waals surface area contributed by atoms with Gasteiger partial charge in [0.25, 0.3) is 0 Å². The van der Waals surface area contributed by atoms with Crippen molar-refractivity contribution in [1.82, 2.24) is 5.31 Å². The minimum Gasteiger partial charge on any atom is -0.336 e. The third-order valence-corrected chi connectivity index (χ3v) is 1.87. The van der Waals surface area contributed by atoms with E-state index in [1.165, 1.54) is 0 Å². The van der Waals surface area contributed by atoms with Crippen LogP contribution in [0.1, 0.15) is 0 Å². The Labute approximate surface area is 72.5 Å². The van der Waals surface area contributed by atoms with Gasteiger partial charge in [-0.1, -0.05) is 18.2 Å². The summed E-state index contributed by atoms with van der Waals surface area (Å²) < 4.78 is 7.26. The van der Waals surface area contributed by atoms with Gasteiger partial charge in [-0.15, -0.1) is 0 Å². The summed E-state index contributed by atoms with van der Waals surface area (Å²) in [6, 6.07) is 9.17. The molecule has 0 radical (unpaired) electrons. The molecular weight excluding hydrogens is 152 g/mol. The molecule has 1 fully saturated rings. The first-order valence-electron chi connectivity index (χ1n) is 4.37. The molecule has 1 heterocycles. The second-order valence-corrected chi connectivity index (χ2v) is 2.65. The molecule has 0 saturated carbocycles. The molecule has 1 aliphatic rings. The van der Waals surface area contributed by atoms with E-state index in [0.29, 0.717) is 13.1 Å². The maximum Gasteiger partial charge on any atom is 0.321 e. The average Bonchev–Trinajstić information content (AvgIpc) is 2.49. The van der Waals surface area contributed by atoms with E-state index in [1.54, 1.807) is 4.90 Å². The number of carbonyl (C=O) groups excluding carboxylic acids is 1. The fourth-order valence-corrected chi connectivity index (χ4v) is 1.27. The fourth-order valence-electron chi connectivity index (χ4n) is 1.27. The van der Waals surface area contributed by atoms with Crippen LogP contribution in [-0.4, -0.2) is 19.1 Å². The van der Waals surface area contributed by atoms with E-state index < -0.39 is 0 Å². The Morgan fingerprint density at radius 3 is 2.75 bits per heavy atom. The molecule has 3 nitrogen and oxygen atoms in total. The van der Waals surface area contributed by atoms with Gasteiger partial charge in [0.05, 0.1) is 0 Å². The van der Waals surface area contributed by atoms with E-state index in [4.69, 9.17) is 1.41 Å². The van der Waals surface area contributed by atoms with Crippen LogP contribution in [0, 0.1) is 0 Å². The van der Waals surface area contributed by atoms with Crippen molar-refractivity contribution in [3.05, 3.63) is 30.3 Å². The van der Waals surface area contributed by atoms with Crippen molar-refractivity contribution in [2.75, 3.05) is 18.0 Å². The predicted molar refractivity (Wildman–Crippen MR) is 47.2 cm³/mol. The third kappa shape index (κ3) is 1.13. The molecule has 0 aliphatic carbocycles. The summed E-state index contributed by atoms with van der Waals surface area (Å²) in [4.78, 5) is 13.0. The maximum atomic E-state index is 11.4. The van der Waals surface area contributed by atoms with Crippen LogP contribution in [0.5, 0.6) is 0 Å². The number of nitrogens with one attached hydrogen (secondary N) is 1. The first-order chi connectivity index (χ1) is 6.29. The highest BCUT2D eigenvalue weighted by Gasteiger charge is 2.20. The molecule has 0 atom stereocenters. The zero-order chi connectivity index (χ0) is 9.26. The Hall–Kier alpha value is -1.51. The van der Waals surface area contributed by atoms with Crippen LogP contribution in [0.4, 0.5) is 10.5 Å². The van der Waals surface area contributed by atoms with E-state index in [1.807, 2.05) is 30.3 Å². The number of para-hydroxylation sites is 1. The zero-order valence-electron chi connectivity index (χ0n) is 7.60. The summed E-state index contributed by atoms with van der Waals surface area (Å²) in [6.45, 7) is 1.08. The van der Waals surface area contributed by atoms with Crippen LogP contribution < -0.4 is 10.2 Å². The van der Waals surface area contributed by atoms with Gasteiger partial charge in [-0.3, -0.25) is 4.90 Å². The summed E-state index contributed by atoms with van der Waals surface area (Å²) in [6.07, 6.45) is 0. The standard InChI is InChI=1S/C9H10N2O/c12-9-10-6-7-11(9)8-4-2-1-3-5-8/h1-5H,6-7H2,(H,10,12)/i/hD. The van der Waals surface area contributed by atoms with Crippen molar-refractivity contribution in [3.63, 3.8) is 0 Å². The summed E-state index contributed by atoms with van der Waals surface area (Å²) in [7, 11) is 0. The molecule has 0 bridgehead atoms. The van der Waals surface area contributed by atoms with Crippen molar-refractivity contribution >= 4 is 11.7 Å². The molecule has 62 valence electrons. The van der Waals surface area contributed by atoms with E-state index in [2.05, 4.69) is 0 Å². The molecule has 3 heteroatoms. The summed E-state index contributed by atoms with van der Waals surface area (Å²) in [5.74, 6) is 0. The van der Waals surface area contributed by atoms with Crippen molar-refractivity contribution in [3.8, 4) is 0 Å². The van der Waals surface area contributed by atoms with Crippen molar-refractivity contribution in [2.45, 2.75) is 0 Å². The van der Waals surface area contributed by atoms with Gasteiger partial charge in [0.15, 0.2) is 1.41 Å². The lowest BCUT2D eigenvalue weighted by atomic mass is 10.3. The smallest absolute Gasteiger partial charge is 0.321 e. The van der Waals surface area contributed by atoms with E-state index >= 15 is 0 Å². The Balaban J connectivity index is 2.24. The first-order valence-corrected chi connectivity index (χ1v) is 3.92. The number of carbonyl (C=O) groups is 1. The van der Waals surface area contributed by atoms with Crippen LogP contribution in [0.2, 0.25) is 1.41 Å². The van der Waals surface area contributed by atoms with Crippen LogP contribution in [0.25, 0.3) is 0 Å². The average molecular weight is 163 g/mol. The number of rotatable bonds is 1. The number of benzene rings is 1. The summed E-state index contributed by atoms with van der Waals surface area (Å²) in [5.41, 5.74) is 0.863. The van der Waals surface area contributed by atoms with E-state index in [0.717, 1.165) is 11.0 Å². The monoisotopic (exact) mass is 163 g/mol. The van der Waals surface area contributed by atoms with Gasteiger partial charge >= 0.3 is 6.03 Å². The highest BCUT2D eigenvalue weighted by molar-refractivity contribution is 5.93. The van der Waals surface area contributed by atoms with Crippen LogP contribution >= 0.6 is 0 Å². The van der Waals surface area contributed by atoms with E-state index in [9.17, 15) is 4.79 Å². The van der Waals surface area contributed by atoms with Crippen molar-refractivity contribution < 1.29 is 6.21 Å². The topological polar surface area (TPSA) is 32.3 Å². The number of hydrogen-bond donors (Lipinski definition) is 1. The van der Waals surface area contributed by atoms with Gasteiger partial charge < -0.3 is 5.31 Å². The summed E-state index contributed by atoms with van der Waals surface area (Å²) in [5, 5.41) is 0.979. The Morgan fingerprint density at radius 1 is 1.42 bits per heavy atom. The maximum absolute atomic E-state index is 11.4. The minimum absolute atomic E-state index is 0.244. The number of hydrogen-bond acceptors (Lipinski definition) is 1. The third-order valence-electron chi connectivity index (χ3n) is 1.87. The molecule has 12 heavy (non-hydrogen) atoms. The molecule has 0 aromatic heterocycles.